The molecule has 176 valence electrons. The second-order valence-corrected chi connectivity index (χ2v) is 8.70. The average molecular weight is 450 g/mol. The van der Waals surface area contributed by atoms with Crippen molar-refractivity contribution in [1.29, 1.82) is 0 Å². The van der Waals surface area contributed by atoms with E-state index in [1.54, 1.807) is 14.2 Å². The van der Waals surface area contributed by atoms with Crippen LogP contribution in [0.15, 0.2) is 48.0 Å². The van der Waals surface area contributed by atoms with E-state index in [9.17, 15) is 4.79 Å². The molecule has 0 bridgehead atoms. The lowest BCUT2D eigenvalue weighted by Gasteiger charge is -2.36. The number of hydrogen-bond donors (Lipinski definition) is 1. The van der Waals surface area contributed by atoms with E-state index < -0.39 is 0 Å². The molecule has 0 aromatic heterocycles. The van der Waals surface area contributed by atoms with Gasteiger partial charge in [0, 0.05) is 38.3 Å². The van der Waals surface area contributed by atoms with Gasteiger partial charge in [0.05, 0.1) is 19.9 Å². The number of fused-ring (bicyclic) bond motifs is 1. The number of unbranched alkanes of at least 4 members (excludes halogenated alkanes) is 1. The maximum atomic E-state index is 12.6. The third-order valence-corrected chi connectivity index (χ3v) is 6.62. The fourth-order valence-corrected chi connectivity index (χ4v) is 4.65. The van der Waals surface area contributed by atoms with Crippen LogP contribution < -0.4 is 19.7 Å². The lowest BCUT2D eigenvalue weighted by Crippen LogP contribution is -2.46. The fourth-order valence-electron chi connectivity index (χ4n) is 4.65. The highest BCUT2D eigenvalue weighted by molar-refractivity contribution is 5.98. The molecule has 0 atom stereocenters. The number of methoxy groups -OCH3 is 2. The van der Waals surface area contributed by atoms with Crippen molar-refractivity contribution in [1.82, 2.24) is 10.2 Å². The van der Waals surface area contributed by atoms with Gasteiger partial charge in [-0.1, -0.05) is 18.2 Å². The molecule has 0 unspecified atom stereocenters. The summed E-state index contributed by atoms with van der Waals surface area (Å²) >= 11 is 0. The van der Waals surface area contributed by atoms with Gasteiger partial charge in [0.25, 0.3) is 0 Å². The van der Waals surface area contributed by atoms with Gasteiger partial charge >= 0.3 is 0 Å². The normalized spacial score (nSPS) is 16.1. The number of rotatable bonds is 9. The minimum atomic E-state index is 0.0712. The molecule has 0 saturated carbocycles. The second kappa shape index (κ2) is 11.2. The lowest BCUT2D eigenvalue weighted by atomic mass is 9.91. The van der Waals surface area contributed by atoms with Crippen LogP contribution in [0.1, 0.15) is 30.4 Å². The molecule has 1 N–H and O–H groups in total. The molecular formula is C27H35N3O3. The monoisotopic (exact) mass is 449 g/mol. The van der Waals surface area contributed by atoms with Crippen molar-refractivity contribution in [3.05, 3.63) is 59.2 Å². The molecule has 2 aliphatic rings. The summed E-state index contributed by atoms with van der Waals surface area (Å²) < 4.78 is 10.8. The third-order valence-electron chi connectivity index (χ3n) is 6.62. The quantitative estimate of drug-likeness (QED) is 0.591. The Hall–Kier alpha value is -2.99. The zero-order valence-electron chi connectivity index (χ0n) is 19.8. The molecule has 2 aromatic rings. The summed E-state index contributed by atoms with van der Waals surface area (Å²) in [6.45, 7) is 5.95. The molecular weight excluding hydrogens is 414 g/mol. The topological polar surface area (TPSA) is 54.0 Å². The number of benzene rings is 2. The van der Waals surface area contributed by atoms with Crippen LogP contribution in [-0.2, 0) is 11.2 Å². The standard InChI is InChI=1S/C27H35N3O3/c1-32-24-12-11-21-19-23(10-9-22(21)20-24)27(31)28-13-5-6-14-29-15-17-30(18-16-29)25-7-3-4-8-26(25)33-2/h3-4,7-8,11-12,19-20H,5-6,9-10,13-18H2,1-2H3,(H,28,31). The molecule has 6 nitrogen and oxygen atoms in total. The summed E-state index contributed by atoms with van der Waals surface area (Å²) in [4.78, 5) is 17.5. The van der Waals surface area contributed by atoms with Gasteiger partial charge in [0.2, 0.25) is 5.91 Å². The zero-order chi connectivity index (χ0) is 23.0. The number of nitrogens with zero attached hydrogens (tertiary/aromatic N) is 2. The number of carbonyl (C=O) groups is 1. The van der Waals surface area contributed by atoms with Crippen LogP contribution in [0.25, 0.3) is 6.08 Å². The van der Waals surface area contributed by atoms with Gasteiger partial charge in [-0.3, -0.25) is 9.69 Å². The predicted octanol–water partition coefficient (Wildman–Crippen LogP) is 3.75. The predicted molar refractivity (Wildman–Crippen MR) is 133 cm³/mol. The number of ether oxygens (including phenoxy) is 2. The van der Waals surface area contributed by atoms with Crippen molar-refractivity contribution in [3.8, 4) is 11.5 Å². The van der Waals surface area contributed by atoms with E-state index in [-0.39, 0.29) is 5.91 Å². The van der Waals surface area contributed by atoms with E-state index >= 15 is 0 Å². The average Bonchev–Trinajstić information content (AvgIpc) is 2.88. The van der Waals surface area contributed by atoms with Crippen LogP contribution in [0.2, 0.25) is 0 Å². The molecule has 1 amide bonds. The molecule has 1 fully saturated rings. The number of carbonyl (C=O) groups excluding carboxylic acids is 1. The largest absolute Gasteiger partial charge is 0.497 e. The van der Waals surface area contributed by atoms with Crippen LogP contribution in [0.4, 0.5) is 5.69 Å². The number of amides is 1. The Morgan fingerprint density at radius 3 is 2.58 bits per heavy atom. The Balaban J connectivity index is 1.15. The van der Waals surface area contributed by atoms with E-state index in [4.69, 9.17) is 9.47 Å². The van der Waals surface area contributed by atoms with Gasteiger partial charge in [-0.25, -0.2) is 0 Å². The van der Waals surface area contributed by atoms with Gasteiger partial charge in [0.1, 0.15) is 11.5 Å². The molecule has 4 rings (SSSR count). The van der Waals surface area contributed by atoms with Crippen molar-refractivity contribution in [3.63, 3.8) is 0 Å². The van der Waals surface area contributed by atoms with Crippen molar-refractivity contribution in [2.75, 3.05) is 58.4 Å². The molecule has 2 aromatic carbocycles. The fraction of sp³-hybridized carbons (Fsp3) is 0.444. The first-order valence-electron chi connectivity index (χ1n) is 11.9. The van der Waals surface area contributed by atoms with Gasteiger partial charge in [-0.15, -0.1) is 0 Å². The molecule has 1 aliphatic carbocycles. The summed E-state index contributed by atoms with van der Waals surface area (Å²) in [5.74, 6) is 1.89. The Bertz CT molecular complexity index is 980. The maximum absolute atomic E-state index is 12.6. The van der Waals surface area contributed by atoms with Crippen molar-refractivity contribution >= 4 is 17.7 Å². The summed E-state index contributed by atoms with van der Waals surface area (Å²) in [6.07, 6.45) is 5.78. The Morgan fingerprint density at radius 1 is 0.970 bits per heavy atom. The number of para-hydroxylation sites is 2. The minimum Gasteiger partial charge on any atom is -0.497 e. The molecule has 1 heterocycles. The van der Waals surface area contributed by atoms with E-state index in [0.29, 0.717) is 0 Å². The SMILES string of the molecule is COc1ccc2c(c1)CCC(C(=O)NCCCCN1CCN(c3ccccc3OC)CC1)=C2. The van der Waals surface area contributed by atoms with Crippen LogP contribution in [-0.4, -0.2) is 64.3 Å². The molecule has 33 heavy (non-hydrogen) atoms. The first-order valence-corrected chi connectivity index (χ1v) is 11.9. The number of aryl methyl sites for hydroxylation is 1. The summed E-state index contributed by atoms with van der Waals surface area (Å²) in [7, 11) is 3.41. The van der Waals surface area contributed by atoms with E-state index in [1.165, 1.54) is 11.3 Å². The highest BCUT2D eigenvalue weighted by Gasteiger charge is 2.19. The zero-order valence-corrected chi connectivity index (χ0v) is 19.8. The minimum absolute atomic E-state index is 0.0712. The van der Waals surface area contributed by atoms with Crippen molar-refractivity contribution in [2.45, 2.75) is 25.7 Å². The molecule has 6 heteroatoms. The maximum Gasteiger partial charge on any atom is 0.247 e. The summed E-state index contributed by atoms with van der Waals surface area (Å²) in [5, 5.41) is 3.11. The molecule has 1 saturated heterocycles. The van der Waals surface area contributed by atoms with Gasteiger partial charge in [-0.05, 0) is 73.7 Å². The number of piperazine rings is 1. The highest BCUT2D eigenvalue weighted by Crippen LogP contribution is 2.29. The molecule has 0 radical (unpaired) electrons. The second-order valence-electron chi connectivity index (χ2n) is 8.70. The third kappa shape index (κ3) is 5.88. The van der Waals surface area contributed by atoms with Gasteiger partial charge in [-0.2, -0.15) is 0 Å². The highest BCUT2D eigenvalue weighted by atomic mass is 16.5. The van der Waals surface area contributed by atoms with Crippen LogP contribution >= 0.6 is 0 Å². The molecule has 1 aliphatic heterocycles. The summed E-state index contributed by atoms with van der Waals surface area (Å²) in [5.41, 5.74) is 4.43. The van der Waals surface area contributed by atoms with Crippen molar-refractivity contribution < 1.29 is 14.3 Å². The Morgan fingerprint density at radius 2 is 1.79 bits per heavy atom. The van der Waals surface area contributed by atoms with Gasteiger partial charge < -0.3 is 19.7 Å². The van der Waals surface area contributed by atoms with Crippen LogP contribution in [0.5, 0.6) is 11.5 Å². The van der Waals surface area contributed by atoms with E-state index in [0.717, 1.165) is 87.6 Å². The van der Waals surface area contributed by atoms with Crippen molar-refractivity contribution in [2.24, 2.45) is 0 Å². The number of hydrogen-bond acceptors (Lipinski definition) is 5. The Labute approximate surface area is 197 Å². The summed E-state index contributed by atoms with van der Waals surface area (Å²) in [6, 6.07) is 14.3. The number of anilines is 1. The first-order chi connectivity index (χ1) is 16.2. The van der Waals surface area contributed by atoms with Crippen LogP contribution in [0.3, 0.4) is 0 Å². The Kier molecular flexibility index (Phi) is 7.89. The van der Waals surface area contributed by atoms with Crippen LogP contribution in [0, 0.1) is 0 Å². The number of nitrogens with one attached hydrogen (secondary N) is 1. The first kappa shape index (κ1) is 23.2. The molecule has 0 spiro atoms. The van der Waals surface area contributed by atoms with Gasteiger partial charge in [0.15, 0.2) is 0 Å². The smallest absolute Gasteiger partial charge is 0.247 e. The lowest BCUT2D eigenvalue weighted by molar-refractivity contribution is -0.117. The van der Waals surface area contributed by atoms with E-state index in [1.807, 2.05) is 30.3 Å². The van der Waals surface area contributed by atoms with E-state index in [2.05, 4.69) is 33.3 Å².